The fourth-order valence-corrected chi connectivity index (χ4v) is 2.48. The van der Waals surface area contributed by atoms with E-state index < -0.39 is 28.1 Å². The summed E-state index contributed by atoms with van der Waals surface area (Å²) < 4.78 is 11.4. The lowest BCUT2D eigenvalue weighted by Crippen LogP contribution is -2.25. The number of nitrogens with zero attached hydrogens (tertiary/aromatic N) is 4. The van der Waals surface area contributed by atoms with Crippen LogP contribution in [0.4, 0.5) is 11.4 Å². The molecule has 0 atom stereocenters. The van der Waals surface area contributed by atoms with Gasteiger partial charge in [-0.1, -0.05) is 0 Å². The Morgan fingerprint density at radius 2 is 2.21 bits per heavy atom. The van der Waals surface area contributed by atoms with Crippen molar-refractivity contribution in [3.8, 4) is 5.88 Å². The van der Waals surface area contributed by atoms with Crippen LogP contribution in [0.1, 0.15) is 33.7 Å². The Morgan fingerprint density at radius 1 is 1.41 bits per heavy atom. The van der Waals surface area contributed by atoms with Crippen LogP contribution < -0.4 is 15.4 Å². The predicted octanol–water partition coefficient (Wildman–Crippen LogP) is 1.32. The average Bonchev–Trinajstić information content (AvgIpc) is 3.44. The van der Waals surface area contributed by atoms with Crippen LogP contribution in [-0.4, -0.2) is 43.8 Å². The topological polar surface area (TPSA) is 170 Å². The van der Waals surface area contributed by atoms with Gasteiger partial charge in [-0.3, -0.25) is 29.5 Å². The van der Waals surface area contributed by atoms with Gasteiger partial charge in [-0.15, -0.1) is 5.10 Å². The number of aromatic nitrogens is 4. The van der Waals surface area contributed by atoms with Gasteiger partial charge in [-0.25, -0.2) is 0 Å². The third kappa shape index (κ3) is 4.07. The fourth-order valence-electron chi connectivity index (χ4n) is 2.48. The maximum Gasteiger partial charge on any atom is 0.362 e. The zero-order valence-corrected chi connectivity index (χ0v) is 15.5. The molecule has 3 aromatic rings. The minimum Gasteiger partial charge on any atom is -0.475 e. The molecule has 3 aromatic heterocycles. The summed E-state index contributed by atoms with van der Waals surface area (Å²) in [5.74, 6) is -1.22. The van der Waals surface area contributed by atoms with Crippen molar-refractivity contribution in [3.05, 3.63) is 51.9 Å². The normalized spacial score (nSPS) is 10.6. The van der Waals surface area contributed by atoms with Crippen molar-refractivity contribution in [2.45, 2.75) is 20.0 Å². The molecule has 0 aliphatic heterocycles. The van der Waals surface area contributed by atoms with Crippen LogP contribution in [0.5, 0.6) is 5.88 Å². The van der Waals surface area contributed by atoms with E-state index in [0.717, 1.165) is 0 Å². The smallest absolute Gasteiger partial charge is 0.362 e. The van der Waals surface area contributed by atoms with Crippen LogP contribution in [0.25, 0.3) is 0 Å². The Kier molecular flexibility index (Phi) is 5.57. The molecule has 0 saturated heterocycles. The molecule has 2 amide bonds. The van der Waals surface area contributed by atoms with Gasteiger partial charge >= 0.3 is 11.6 Å². The maximum atomic E-state index is 12.6. The second-order valence-corrected chi connectivity index (χ2v) is 5.68. The Balaban J connectivity index is 1.83. The molecule has 0 fully saturated rings. The lowest BCUT2D eigenvalue weighted by atomic mass is 10.3. The summed E-state index contributed by atoms with van der Waals surface area (Å²) in [6.45, 7) is 2.36. The SMILES string of the molecule is CCn1cc(NC(=O)c2[nH]nc(OC)c2[N+](=O)[O-])c(C(=O)NCc2ccco2)n1. The van der Waals surface area contributed by atoms with E-state index in [1.54, 1.807) is 19.1 Å². The number of hydrogen-bond donors (Lipinski definition) is 3. The molecule has 0 bridgehead atoms. The number of H-pyrrole nitrogens is 1. The third-order valence-electron chi connectivity index (χ3n) is 3.86. The number of nitro groups is 1. The van der Waals surface area contributed by atoms with Crippen molar-refractivity contribution in [2.24, 2.45) is 0 Å². The largest absolute Gasteiger partial charge is 0.475 e. The molecule has 3 rings (SSSR count). The molecule has 152 valence electrons. The first-order chi connectivity index (χ1) is 13.9. The average molecular weight is 403 g/mol. The summed E-state index contributed by atoms with van der Waals surface area (Å²) in [6.07, 6.45) is 2.92. The third-order valence-corrected chi connectivity index (χ3v) is 3.86. The molecule has 0 aromatic carbocycles. The number of aromatic amines is 1. The molecule has 29 heavy (non-hydrogen) atoms. The van der Waals surface area contributed by atoms with E-state index in [-0.39, 0.29) is 23.8 Å². The first-order valence-electron chi connectivity index (χ1n) is 8.40. The lowest BCUT2D eigenvalue weighted by molar-refractivity contribution is -0.386. The molecule has 0 aliphatic rings. The number of rotatable bonds is 8. The van der Waals surface area contributed by atoms with Crippen LogP contribution in [0.15, 0.2) is 29.0 Å². The number of aryl methyl sites for hydroxylation is 1. The highest BCUT2D eigenvalue weighted by Gasteiger charge is 2.31. The minimum atomic E-state index is -0.872. The maximum absolute atomic E-state index is 12.6. The Hall–Kier alpha value is -4.16. The van der Waals surface area contributed by atoms with Crippen LogP contribution in [-0.2, 0) is 13.1 Å². The first kappa shape index (κ1) is 19.6. The number of hydrogen-bond acceptors (Lipinski definition) is 8. The lowest BCUT2D eigenvalue weighted by Gasteiger charge is -2.05. The van der Waals surface area contributed by atoms with E-state index in [2.05, 4.69) is 25.9 Å². The molecule has 0 radical (unpaired) electrons. The van der Waals surface area contributed by atoms with Gasteiger partial charge in [-0.2, -0.15) is 5.10 Å². The minimum absolute atomic E-state index is 0.0547. The molecule has 0 aliphatic carbocycles. The van der Waals surface area contributed by atoms with Gasteiger partial charge in [0.05, 0.1) is 30.5 Å². The van der Waals surface area contributed by atoms with Gasteiger partial charge in [0, 0.05) is 12.7 Å². The van der Waals surface area contributed by atoms with E-state index in [1.165, 1.54) is 24.3 Å². The van der Waals surface area contributed by atoms with Crippen molar-refractivity contribution in [3.63, 3.8) is 0 Å². The van der Waals surface area contributed by atoms with Crippen molar-refractivity contribution in [2.75, 3.05) is 12.4 Å². The Labute approximate surface area is 163 Å². The van der Waals surface area contributed by atoms with E-state index >= 15 is 0 Å². The predicted molar refractivity (Wildman–Crippen MR) is 97.5 cm³/mol. The van der Waals surface area contributed by atoms with Gasteiger partial charge in [0.1, 0.15) is 5.76 Å². The molecule has 3 heterocycles. The molecule has 13 nitrogen and oxygen atoms in total. The molecule has 0 spiro atoms. The number of amides is 2. The number of furan rings is 1. The van der Waals surface area contributed by atoms with Crippen LogP contribution in [0.2, 0.25) is 0 Å². The standard InChI is InChI=1S/C16H17N7O6/c1-3-22-8-10(11(21-22)14(24)17-7-9-5-4-6-29-9)18-15(25)12-13(23(26)27)16(28-2)20-19-12/h4-6,8H,3,7H2,1-2H3,(H,17,24)(H,18,25)(H,19,20). The van der Waals surface area contributed by atoms with Gasteiger partial charge in [0.15, 0.2) is 5.69 Å². The summed E-state index contributed by atoms with van der Waals surface area (Å²) in [5.41, 5.74) is -1.01. The zero-order chi connectivity index (χ0) is 21.0. The summed E-state index contributed by atoms with van der Waals surface area (Å²) in [7, 11) is 1.19. The molecule has 0 saturated carbocycles. The number of ether oxygens (including phenoxy) is 1. The number of anilines is 1. The number of carbonyl (C=O) groups excluding carboxylic acids is 2. The van der Waals surface area contributed by atoms with Crippen LogP contribution in [0, 0.1) is 10.1 Å². The van der Waals surface area contributed by atoms with Crippen LogP contribution >= 0.6 is 0 Å². The highest BCUT2D eigenvalue weighted by atomic mass is 16.6. The molecule has 3 N–H and O–H groups in total. The van der Waals surface area contributed by atoms with Crippen LogP contribution in [0.3, 0.4) is 0 Å². The molecular formula is C16H17N7O6. The number of carbonyl (C=O) groups is 2. The highest BCUT2D eigenvalue weighted by Crippen LogP contribution is 2.28. The second-order valence-electron chi connectivity index (χ2n) is 5.68. The summed E-state index contributed by atoms with van der Waals surface area (Å²) in [4.78, 5) is 35.5. The zero-order valence-electron chi connectivity index (χ0n) is 15.5. The molecule has 0 unspecified atom stereocenters. The number of nitrogens with one attached hydrogen (secondary N) is 3. The quantitative estimate of drug-likeness (QED) is 0.373. The Morgan fingerprint density at radius 3 is 2.83 bits per heavy atom. The summed E-state index contributed by atoms with van der Waals surface area (Å²) >= 11 is 0. The van der Waals surface area contributed by atoms with E-state index in [9.17, 15) is 19.7 Å². The van der Waals surface area contributed by atoms with E-state index in [0.29, 0.717) is 12.3 Å². The van der Waals surface area contributed by atoms with Crippen molar-refractivity contribution in [1.29, 1.82) is 0 Å². The monoisotopic (exact) mass is 403 g/mol. The molecule has 13 heteroatoms. The number of methoxy groups -OCH3 is 1. The highest BCUT2D eigenvalue weighted by molar-refractivity contribution is 6.09. The van der Waals surface area contributed by atoms with Gasteiger partial charge in [-0.05, 0) is 19.1 Å². The molecular weight excluding hydrogens is 386 g/mol. The fraction of sp³-hybridized carbons (Fsp3) is 0.250. The van der Waals surface area contributed by atoms with E-state index in [1.807, 2.05) is 0 Å². The van der Waals surface area contributed by atoms with Crippen molar-refractivity contribution >= 4 is 23.2 Å². The van der Waals surface area contributed by atoms with Gasteiger partial charge < -0.3 is 19.8 Å². The van der Waals surface area contributed by atoms with Gasteiger partial charge in [0.2, 0.25) is 5.69 Å². The second kappa shape index (κ2) is 8.24. The van der Waals surface area contributed by atoms with Gasteiger partial charge in [0.25, 0.3) is 11.8 Å². The first-order valence-corrected chi connectivity index (χ1v) is 8.40. The summed E-state index contributed by atoms with van der Waals surface area (Å²) in [6, 6.07) is 3.38. The Bertz CT molecular complexity index is 1040. The summed E-state index contributed by atoms with van der Waals surface area (Å²) in [5, 5.41) is 26.3. The van der Waals surface area contributed by atoms with Crippen molar-refractivity contribution in [1.82, 2.24) is 25.3 Å². The van der Waals surface area contributed by atoms with Crippen molar-refractivity contribution < 1.29 is 23.7 Å². The van der Waals surface area contributed by atoms with E-state index in [4.69, 9.17) is 9.15 Å².